The van der Waals surface area contributed by atoms with Gasteiger partial charge in [-0.25, -0.2) is 0 Å². The van der Waals surface area contributed by atoms with E-state index < -0.39 is 0 Å². The largest absolute Gasteiger partial charge is 0.486 e. The van der Waals surface area contributed by atoms with Crippen LogP contribution in [-0.4, -0.2) is 19.1 Å². The highest BCUT2D eigenvalue weighted by molar-refractivity contribution is 5.95. The van der Waals surface area contributed by atoms with Crippen molar-refractivity contribution < 1.29 is 14.3 Å². The van der Waals surface area contributed by atoms with Crippen molar-refractivity contribution in [1.82, 2.24) is 5.32 Å². The van der Waals surface area contributed by atoms with Gasteiger partial charge in [0, 0.05) is 5.56 Å². The SMILES string of the molecule is CC(C)c1ccc([C@@H](C)NC(=O)c2ccc3c(c2)OCCO3)cc1. The Balaban J connectivity index is 1.69. The minimum Gasteiger partial charge on any atom is -0.486 e. The summed E-state index contributed by atoms with van der Waals surface area (Å²) >= 11 is 0. The van der Waals surface area contributed by atoms with Crippen molar-refractivity contribution in [3.05, 3.63) is 59.2 Å². The van der Waals surface area contributed by atoms with Gasteiger partial charge in [0.05, 0.1) is 6.04 Å². The smallest absolute Gasteiger partial charge is 0.251 e. The average Bonchev–Trinajstić information content (AvgIpc) is 2.61. The Labute approximate surface area is 142 Å². The summed E-state index contributed by atoms with van der Waals surface area (Å²) < 4.78 is 11.0. The van der Waals surface area contributed by atoms with Crippen LogP contribution in [0, 0.1) is 0 Å². The number of nitrogens with one attached hydrogen (secondary N) is 1. The van der Waals surface area contributed by atoms with Crippen molar-refractivity contribution in [2.24, 2.45) is 0 Å². The molecule has 1 atom stereocenters. The zero-order valence-corrected chi connectivity index (χ0v) is 14.3. The van der Waals surface area contributed by atoms with Gasteiger partial charge >= 0.3 is 0 Å². The van der Waals surface area contributed by atoms with Gasteiger partial charge in [-0.1, -0.05) is 38.1 Å². The van der Waals surface area contributed by atoms with E-state index in [4.69, 9.17) is 9.47 Å². The molecular weight excluding hydrogens is 302 g/mol. The van der Waals surface area contributed by atoms with Gasteiger partial charge in [0.15, 0.2) is 11.5 Å². The second-order valence-corrected chi connectivity index (χ2v) is 6.37. The number of amides is 1. The molecule has 0 bridgehead atoms. The van der Waals surface area contributed by atoms with Gasteiger partial charge in [-0.3, -0.25) is 4.79 Å². The van der Waals surface area contributed by atoms with E-state index in [1.165, 1.54) is 5.56 Å². The highest BCUT2D eigenvalue weighted by Gasteiger charge is 2.16. The molecule has 2 aromatic rings. The number of hydrogen-bond acceptors (Lipinski definition) is 3. The third-order valence-corrected chi connectivity index (χ3v) is 4.26. The van der Waals surface area contributed by atoms with Crippen LogP contribution in [0.3, 0.4) is 0 Å². The van der Waals surface area contributed by atoms with Gasteiger partial charge in [-0.05, 0) is 42.2 Å². The predicted octanol–water partition coefficient (Wildman–Crippen LogP) is 4.07. The van der Waals surface area contributed by atoms with E-state index in [1.807, 2.05) is 6.92 Å². The van der Waals surface area contributed by atoms with Crippen LogP contribution in [0.25, 0.3) is 0 Å². The van der Waals surface area contributed by atoms with Gasteiger partial charge in [0.2, 0.25) is 0 Å². The lowest BCUT2D eigenvalue weighted by Gasteiger charge is -2.19. The van der Waals surface area contributed by atoms with Crippen molar-refractivity contribution in [3.8, 4) is 11.5 Å². The molecule has 2 aromatic carbocycles. The van der Waals surface area contributed by atoms with Crippen LogP contribution in [0.5, 0.6) is 11.5 Å². The molecule has 1 N–H and O–H groups in total. The first-order chi connectivity index (χ1) is 11.5. The van der Waals surface area contributed by atoms with E-state index in [0.717, 1.165) is 5.56 Å². The quantitative estimate of drug-likeness (QED) is 0.921. The molecule has 24 heavy (non-hydrogen) atoms. The fourth-order valence-corrected chi connectivity index (χ4v) is 2.72. The van der Waals surface area contributed by atoms with E-state index in [0.29, 0.717) is 36.2 Å². The summed E-state index contributed by atoms with van der Waals surface area (Å²) in [6.45, 7) is 7.38. The van der Waals surface area contributed by atoms with Gasteiger partial charge in [-0.2, -0.15) is 0 Å². The minimum absolute atomic E-state index is 0.0630. The van der Waals surface area contributed by atoms with E-state index in [1.54, 1.807) is 18.2 Å². The standard InChI is InChI=1S/C20H23NO3/c1-13(2)15-4-6-16(7-5-15)14(3)21-20(22)17-8-9-18-19(12-17)24-11-10-23-18/h4-9,12-14H,10-11H2,1-3H3,(H,21,22)/t14-/m1/s1. The molecule has 4 nitrogen and oxygen atoms in total. The van der Waals surface area contributed by atoms with Crippen molar-refractivity contribution in [1.29, 1.82) is 0 Å². The number of ether oxygens (including phenoxy) is 2. The third-order valence-electron chi connectivity index (χ3n) is 4.26. The van der Waals surface area contributed by atoms with Gasteiger partial charge in [-0.15, -0.1) is 0 Å². The second-order valence-electron chi connectivity index (χ2n) is 6.37. The van der Waals surface area contributed by atoms with Crippen LogP contribution in [0.2, 0.25) is 0 Å². The van der Waals surface area contributed by atoms with E-state index in [-0.39, 0.29) is 11.9 Å². The predicted molar refractivity (Wildman–Crippen MR) is 93.8 cm³/mol. The normalized spacial score (nSPS) is 14.3. The van der Waals surface area contributed by atoms with Crippen molar-refractivity contribution >= 4 is 5.91 Å². The summed E-state index contributed by atoms with van der Waals surface area (Å²) in [4.78, 5) is 12.5. The van der Waals surface area contributed by atoms with Crippen molar-refractivity contribution in [2.75, 3.05) is 13.2 Å². The highest BCUT2D eigenvalue weighted by atomic mass is 16.6. The lowest BCUT2D eigenvalue weighted by Crippen LogP contribution is -2.27. The zero-order valence-electron chi connectivity index (χ0n) is 14.3. The zero-order chi connectivity index (χ0) is 17.1. The van der Waals surface area contributed by atoms with E-state index in [2.05, 4.69) is 43.4 Å². The molecule has 1 aliphatic heterocycles. The fraction of sp³-hybridized carbons (Fsp3) is 0.350. The Bertz CT molecular complexity index is 722. The highest BCUT2D eigenvalue weighted by Crippen LogP contribution is 2.31. The van der Waals surface area contributed by atoms with Crippen LogP contribution < -0.4 is 14.8 Å². The molecule has 0 unspecified atom stereocenters. The van der Waals surface area contributed by atoms with Crippen LogP contribution in [0.4, 0.5) is 0 Å². The van der Waals surface area contributed by atoms with Crippen molar-refractivity contribution in [2.45, 2.75) is 32.7 Å². The van der Waals surface area contributed by atoms with E-state index >= 15 is 0 Å². The maximum absolute atomic E-state index is 12.5. The molecule has 3 rings (SSSR count). The Kier molecular flexibility index (Phi) is 4.74. The number of carbonyl (C=O) groups excluding carboxylic acids is 1. The van der Waals surface area contributed by atoms with Crippen molar-refractivity contribution in [3.63, 3.8) is 0 Å². The monoisotopic (exact) mass is 325 g/mol. The number of benzene rings is 2. The molecule has 0 saturated heterocycles. The molecule has 0 radical (unpaired) electrons. The maximum atomic E-state index is 12.5. The number of hydrogen-bond donors (Lipinski definition) is 1. The summed E-state index contributed by atoms with van der Waals surface area (Å²) in [5.41, 5.74) is 2.96. The van der Waals surface area contributed by atoms with Gasteiger partial charge in [0.25, 0.3) is 5.91 Å². The fourth-order valence-electron chi connectivity index (χ4n) is 2.72. The van der Waals surface area contributed by atoms with Crippen LogP contribution in [0.15, 0.2) is 42.5 Å². The maximum Gasteiger partial charge on any atom is 0.251 e. The molecule has 0 saturated carbocycles. The first-order valence-corrected chi connectivity index (χ1v) is 8.35. The summed E-state index contributed by atoms with van der Waals surface area (Å²) in [6, 6.07) is 13.6. The summed E-state index contributed by atoms with van der Waals surface area (Å²) in [7, 11) is 0. The molecule has 1 amide bonds. The molecule has 0 spiro atoms. The molecule has 1 heterocycles. The van der Waals surface area contributed by atoms with Crippen LogP contribution in [-0.2, 0) is 0 Å². The minimum atomic E-state index is -0.118. The summed E-state index contributed by atoms with van der Waals surface area (Å²) in [5.74, 6) is 1.70. The average molecular weight is 325 g/mol. The molecule has 0 aliphatic carbocycles. The Morgan fingerprint density at radius 1 is 0.917 bits per heavy atom. The Hall–Kier alpha value is -2.49. The lowest BCUT2D eigenvalue weighted by atomic mass is 9.99. The van der Waals surface area contributed by atoms with Gasteiger partial charge < -0.3 is 14.8 Å². The van der Waals surface area contributed by atoms with Crippen LogP contribution in [0.1, 0.15) is 54.2 Å². The first kappa shape index (κ1) is 16.4. The third kappa shape index (κ3) is 3.53. The molecule has 1 aliphatic rings. The Morgan fingerprint density at radius 2 is 1.54 bits per heavy atom. The van der Waals surface area contributed by atoms with Crippen LogP contribution >= 0.6 is 0 Å². The number of carbonyl (C=O) groups is 1. The lowest BCUT2D eigenvalue weighted by molar-refractivity contribution is 0.0938. The second kappa shape index (κ2) is 6.95. The Morgan fingerprint density at radius 3 is 2.21 bits per heavy atom. The molecular formula is C20H23NO3. The molecule has 126 valence electrons. The summed E-state index contributed by atoms with van der Waals surface area (Å²) in [5, 5.41) is 3.03. The van der Waals surface area contributed by atoms with E-state index in [9.17, 15) is 4.79 Å². The number of fused-ring (bicyclic) bond motifs is 1. The van der Waals surface area contributed by atoms with Gasteiger partial charge in [0.1, 0.15) is 13.2 Å². The molecule has 0 fully saturated rings. The number of rotatable bonds is 4. The topological polar surface area (TPSA) is 47.6 Å². The summed E-state index contributed by atoms with van der Waals surface area (Å²) in [6.07, 6.45) is 0. The molecule has 0 aromatic heterocycles. The first-order valence-electron chi connectivity index (χ1n) is 8.35. The molecule has 4 heteroatoms.